The van der Waals surface area contributed by atoms with Crippen LogP contribution in [0.4, 0.5) is 4.79 Å². The van der Waals surface area contributed by atoms with Gasteiger partial charge < -0.3 is 5.11 Å². The number of ketones is 2. The highest BCUT2D eigenvalue weighted by atomic mass is 127. The largest absolute Gasteiger partial charge is 0.514 e. The predicted octanol–water partition coefficient (Wildman–Crippen LogP) is 5.98. The van der Waals surface area contributed by atoms with Crippen molar-refractivity contribution in [2.45, 2.75) is 58.5 Å². The van der Waals surface area contributed by atoms with Gasteiger partial charge in [-0.1, -0.05) is 48.9 Å². The molecule has 1 amide bonds. The monoisotopic (exact) mass is 536 g/mol. The molecule has 0 aromatic heterocycles. The minimum Gasteiger partial charge on any atom is -0.435 e. The lowest BCUT2D eigenvalue weighted by atomic mass is 10.1. The minimum absolute atomic E-state index is 0.00838. The Morgan fingerprint density at radius 2 is 1.42 bits per heavy atom. The van der Waals surface area contributed by atoms with Crippen LogP contribution in [0.1, 0.15) is 56.6 Å². The molecule has 1 N–H and O–H groups in total. The zero-order chi connectivity index (χ0) is 22.7. The van der Waals surface area contributed by atoms with Gasteiger partial charge in [-0.3, -0.25) is 9.59 Å². The number of halogens is 1. The van der Waals surface area contributed by atoms with Gasteiger partial charge in [-0.2, -0.15) is 4.79 Å². The molecule has 0 fully saturated rings. The summed E-state index contributed by atoms with van der Waals surface area (Å²) in [7, 11) is 0. The van der Waals surface area contributed by atoms with Gasteiger partial charge in [0.25, 0.3) is 0 Å². The maximum atomic E-state index is 12.5. The van der Waals surface area contributed by atoms with Crippen LogP contribution in [-0.4, -0.2) is 33.8 Å². The van der Waals surface area contributed by atoms with Gasteiger partial charge >= 0.3 is 6.09 Å². The van der Waals surface area contributed by atoms with Gasteiger partial charge in [-0.25, -0.2) is 4.48 Å². The molecule has 0 aliphatic heterocycles. The lowest BCUT2D eigenvalue weighted by Gasteiger charge is -2.33. The molecule has 1 atom stereocenters. The second-order valence-electron chi connectivity index (χ2n) is 8.16. The Morgan fingerprint density at radius 1 is 0.839 bits per heavy atom. The Balaban J connectivity index is 2.02. The first-order valence-electron chi connectivity index (χ1n) is 10.7. The maximum absolute atomic E-state index is 12.5. The highest BCUT2D eigenvalue weighted by Gasteiger charge is 2.37. The zero-order valence-electron chi connectivity index (χ0n) is 18.1. The summed E-state index contributed by atoms with van der Waals surface area (Å²) in [6.45, 7) is 2.82. The van der Waals surface area contributed by atoms with Crippen molar-refractivity contribution < 1.29 is 24.0 Å². The van der Waals surface area contributed by atoms with E-state index in [-0.39, 0.29) is 22.5 Å². The van der Waals surface area contributed by atoms with E-state index >= 15 is 0 Å². The van der Waals surface area contributed by atoms with Gasteiger partial charge in [0, 0.05) is 21.1 Å². The van der Waals surface area contributed by atoms with Gasteiger partial charge in [-0.05, 0) is 60.9 Å². The molecule has 0 spiro atoms. The number of amides is 1. The van der Waals surface area contributed by atoms with Gasteiger partial charge in [0.1, 0.15) is 24.7 Å². The van der Waals surface area contributed by atoms with Gasteiger partial charge in [-0.15, -0.1) is 0 Å². The topological polar surface area (TPSA) is 71.4 Å². The Kier molecular flexibility index (Phi) is 10.3. The number of Topliss-reactive ketones (excluding diaryl/α,β-unsaturated/α-hetero) is 2. The van der Waals surface area contributed by atoms with Crippen molar-refractivity contribution in [1.29, 1.82) is 0 Å². The highest BCUT2D eigenvalue weighted by molar-refractivity contribution is 14.1. The summed E-state index contributed by atoms with van der Waals surface area (Å²) in [5.41, 5.74) is 2.01. The fraction of sp³-hybridized carbons (Fsp3) is 0.400. The summed E-state index contributed by atoms with van der Waals surface area (Å²) in [5.74, 6) is -0.101. The third-order valence-corrected chi connectivity index (χ3v) is 6.09. The van der Waals surface area contributed by atoms with Crippen LogP contribution in [0.2, 0.25) is 0 Å². The van der Waals surface area contributed by atoms with E-state index in [1.54, 1.807) is 0 Å². The average Bonchev–Trinajstić information content (AvgIpc) is 2.72. The predicted molar refractivity (Wildman–Crippen MR) is 130 cm³/mol. The Bertz CT molecular complexity index is 867. The van der Waals surface area contributed by atoms with Gasteiger partial charge in [0.2, 0.25) is 0 Å². The first-order chi connectivity index (χ1) is 14.8. The van der Waals surface area contributed by atoms with Crippen LogP contribution in [-0.2, 0) is 22.7 Å². The van der Waals surface area contributed by atoms with Crippen LogP contribution in [0.5, 0.6) is 0 Å². The number of carbonyl (C=O) groups is 3. The summed E-state index contributed by atoms with van der Waals surface area (Å²) in [5, 5.41) is 10.3. The van der Waals surface area contributed by atoms with Crippen molar-refractivity contribution >= 4 is 40.3 Å². The van der Waals surface area contributed by atoms with Crippen molar-refractivity contribution in [2.75, 3.05) is 6.54 Å². The number of hydrogen-bond donors (Lipinski definition) is 1. The molecular weight excluding hydrogens is 505 g/mol. The van der Waals surface area contributed by atoms with E-state index in [1.807, 2.05) is 54.6 Å². The second kappa shape index (κ2) is 12.7. The molecule has 0 bridgehead atoms. The van der Waals surface area contributed by atoms with E-state index < -0.39 is 6.09 Å². The summed E-state index contributed by atoms with van der Waals surface area (Å²) in [6.07, 6.45) is 2.86. The molecule has 2 aromatic rings. The third-order valence-electron chi connectivity index (χ3n) is 5.37. The number of hydrogen-bond acceptors (Lipinski definition) is 3. The number of unbranched alkanes of at least 4 members (excludes halogenated alkanes) is 3. The molecule has 0 aliphatic rings. The SMILES string of the molecule is CC(=O)CC(=O)CCCCCC[N+](Cc1ccccc1)(Cc1ccc(I)cc1)C(=O)O. The molecule has 2 aromatic carbocycles. The lowest BCUT2D eigenvalue weighted by molar-refractivity contribution is -0.884. The van der Waals surface area contributed by atoms with E-state index in [4.69, 9.17) is 0 Å². The van der Waals surface area contributed by atoms with Crippen molar-refractivity contribution in [2.24, 2.45) is 0 Å². The Labute approximate surface area is 198 Å². The molecule has 166 valence electrons. The van der Waals surface area contributed by atoms with Crippen molar-refractivity contribution in [3.05, 3.63) is 69.3 Å². The smallest absolute Gasteiger partial charge is 0.435 e. The molecule has 0 saturated carbocycles. The fourth-order valence-electron chi connectivity index (χ4n) is 3.77. The van der Waals surface area contributed by atoms with E-state index in [2.05, 4.69) is 22.6 Å². The number of carboxylic acid groups (broad SMARTS) is 1. The average molecular weight is 536 g/mol. The molecular formula is C25H31INO4+. The number of benzene rings is 2. The van der Waals surface area contributed by atoms with Crippen LogP contribution in [0.3, 0.4) is 0 Å². The standard InChI is InChI=1S/C25H30INO4/c1-20(28)17-24(29)11-7-2-3-8-16-27(25(30)31,18-21-9-5-4-6-10-21)19-22-12-14-23(26)15-13-22/h4-6,9-10,12-15H,2-3,7-8,11,16-19H2,1H3/p+1. The maximum Gasteiger partial charge on any atom is 0.514 e. The summed E-state index contributed by atoms with van der Waals surface area (Å²) < 4.78 is 1.07. The number of quaternary nitrogens is 1. The molecule has 0 heterocycles. The van der Waals surface area contributed by atoms with Gasteiger partial charge in [0.05, 0.1) is 13.0 Å². The lowest BCUT2D eigenvalue weighted by Crippen LogP contribution is -2.51. The molecule has 1 unspecified atom stereocenters. The van der Waals surface area contributed by atoms with Crippen LogP contribution in [0, 0.1) is 3.57 Å². The normalized spacial score (nSPS) is 12.8. The van der Waals surface area contributed by atoms with Gasteiger partial charge in [0.15, 0.2) is 0 Å². The summed E-state index contributed by atoms with van der Waals surface area (Å²) >= 11 is 2.25. The zero-order valence-corrected chi connectivity index (χ0v) is 20.2. The number of rotatable bonds is 13. The molecule has 0 aliphatic carbocycles. The molecule has 6 heteroatoms. The van der Waals surface area contributed by atoms with E-state index in [0.29, 0.717) is 26.1 Å². The second-order valence-corrected chi connectivity index (χ2v) is 9.41. The van der Waals surface area contributed by atoms with Crippen LogP contribution < -0.4 is 0 Å². The Morgan fingerprint density at radius 3 is 2.00 bits per heavy atom. The molecule has 2 rings (SSSR count). The van der Waals surface area contributed by atoms with Crippen LogP contribution in [0.15, 0.2) is 54.6 Å². The number of carbonyl (C=O) groups excluding carboxylic acids is 2. The van der Waals surface area contributed by atoms with E-state index in [0.717, 1.165) is 40.4 Å². The van der Waals surface area contributed by atoms with E-state index in [9.17, 15) is 19.5 Å². The van der Waals surface area contributed by atoms with Crippen LogP contribution in [0.25, 0.3) is 0 Å². The first-order valence-corrected chi connectivity index (χ1v) is 11.8. The molecule has 0 saturated heterocycles. The molecule has 5 nitrogen and oxygen atoms in total. The molecule has 0 radical (unpaired) electrons. The third kappa shape index (κ3) is 8.91. The van der Waals surface area contributed by atoms with Crippen molar-refractivity contribution in [3.8, 4) is 0 Å². The van der Waals surface area contributed by atoms with Crippen molar-refractivity contribution in [1.82, 2.24) is 0 Å². The van der Waals surface area contributed by atoms with Crippen LogP contribution >= 0.6 is 22.6 Å². The van der Waals surface area contributed by atoms with E-state index in [1.165, 1.54) is 6.92 Å². The highest BCUT2D eigenvalue weighted by Crippen LogP contribution is 2.23. The molecule has 31 heavy (non-hydrogen) atoms. The summed E-state index contributed by atoms with van der Waals surface area (Å²) in [6, 6.07) is 17.8. The first kappa shape index (κ1) is 25.2. The minimum atomic E-state index is -0.820. The number of nitrogens with zero attached hydrogens (tertiary/aromatic N) is 1. The fourth-order valence-corrected chi connectivity index (χ4v) is 4.13. The summed E-state index contributed by atoms with van der Waals surface area (Å²) in [4.78, 5) is 35.2. The Hall–Kier alpha value is -2.06. The quantitative estimate of drug-likeness (QED) is 0.148. The van der Waals surface area contributed by atoms with Crippen molar-refractivity contribution in [3.63, 3.8) is 0 Å².